The zero-order chi connectivity index (χ0) is 20.1. The lowest BCUT2D eigenvalue weighted by molar-refractivity contribution is 0.0865. The van der Waals surface area contributed by atoms with Crippen molar-refractivity contribution in [3.63, 3.8) is 0 Å². The summed E-state index contributed by atoms with van der Waals surface area (Å²) < 4.78 is 27.4. The summed E-state index contributed by atoms with van der Waals surface area (Å²) in [6.07, 6.45) is 0.869. The maximum absolute atomic E-state index is 13.0. The highest BCUT2D eigenvalue weighted by Crippen LogP contribution is 2.35. The number of piperidine rings is 1. The van der Waals surface area contributed by atoms with Gasteiger partial charge >= 0.3 is 0 Å². The Hall–Kier alpha value is -1.80. The summed E-state index contributed by atoms with van der Waals surface area (Å²) >= 11 is 12.1. The minimum Gasteiger partial charge on any atom is -0.362 e. The SMILES string of the molecule is Cc1cccc2c1NC1(CCN(S(=O)(=O)c3cc(Cl)ccc3Cl)CC1)NC2=O. The number of anilines is 1. The number of carbonyl (C=O) groups excluding carboxylic acids is 1. The highest BCUT2D eigenvalue weighted by molar-refractivity contribution is 7.89. The molecule has 0 atom stereocenters. The van der Waals surface area contributed by atoms with Crippen LogP contribution in [-0.4, -0.2) is 37.4 Å². The summed E-state index contributed by atoms with van der Waals surface area (Å²) in [6.45, 7) is 2.44. The first-order valence-electron chi connectivity index (χ1n) is 8.87. The van der Waals surface area contributed by atoms with E-state index in [0.717, 1.165) is 11.3 Å². The van der Waals surface area contributed by atoms with Crippen molar-refractivity contribution in [1.29, 1.82) is 0 Å². The summed E-state index contributed by atoms with van der Waals surface area (Å²) in [6, 6.07) is 9.96. The predicted molar refractivity (Wildman–Crippen MR) is 109 cm³/mol. The lowest BCUT2D eigenvalue weighted by Gasteiger charge is -2.45. The number of amides is 1. The second-order valence-corrected chi connectivity index (χ2v) is 9.89. The van der Waals surface area contributed by atoms with Crippen molar-refractivity contribution >= 4 is 44.8 Å². The van der Waals surface area contributed by atoms with Crippen molar-refractivity contribution < 1.29 is 13.2 Å². The molecule has 2 N–H and O–H groups in total. The quantitative estimate of drug-likeness (QED) is 0.748. The molecule has 9 heteroatoms. The Balaban J connectivity index is 1.58. The van der Waals surface area contributed by atoms with Crippen LogP contribution in [0.4, 0.5) is 5.69 Å². The highest BCUT2D eigenvalue weighted by atomic mass is 35.5. The van der Waals surface area contributed by atoms with Crippen LogP contribution >= 0.6 is 23.2 Å². The van der Waals surface area contributed by atoms with Crippen LogP contribution < -0.4 is 10.6 Å². The van der Waals surface area contributed by atoms with Gasteiger partial charge in [0.25, 0.3) is 5.91 Å². The molecule has 2 heterocycles. The predicted octanol–water partition coefficient (Wildman–Crippen LogP) is 3.64. The smallest absolute Gasteiger partial charge is 0.255 e. The first-order chi connectivity index (χ1) is 13.2. The van der Waals surface area contributed by atoms with Gasteiger partial charge in [0.1, 0.15) is 10.6 Å². The molecule has 4 rings (SSSR count). The number of nitrogens with zero attached hydrogens (tertiary/aromatic N) is 1. The van der Waals surface area contributed by atoms with Crippen LogP contribution in [0.15, 0.2) is 41.3 Å². The Labute approximate surface area is 173 Å². The van der Waals surface area contributed by atoms with Gasteiger partial charge in [0.05, 0.1) is 16.3 Å². The molecule has 0 unspecified atom stereocenters. The third-order valence-corrected chi connectivity index (χ3v) is 7.94. The van der Waals surface area contributed by atoms with Gasteiger partial charge in [-0.2, -0.15) is 4.31 Å². The zero-order valence-corrected chi connectivity index (χ0v) is 17.5. The van der Waals surface area contributed by atoms with Gasteiger partial charge in [0.2, 0.25) is 10.0 Å². The summed E-state index contributed by atoms with van der Waals surface area (Å²) in [4.78, 5) is 12.6. The molecular formula is C19H19Cl2N3O3S. The number of carbonyl (C=O) groups is 1. The van der Waals surface area contributed by atoms with E-state index in [4.69, 9.17) is 23.2 Å². The maximum Gasteiger partial charge on any atom is 0.255 e. The van der Waals surface area contributed by atoms with Gasteiger partial charge in [-0.3, -0.25) is 4.79 Å². The van der Waals surface area contributed by atoms with Gasteiger partial charge in [0.15, 0.2) is 0 Å². The van der Waals surface area contributed by atoms with E-state index in [1.807, 2.05) is 19.1 Å². The molecular weight excluding hydrogens is 421 g/mol. The van der Waals surface area contributed by atoms with E-state index in [-0.39, 0.29) is 28.9 Å². The Kier molecular flexibility index (Phi) is 4.82. The van der Waals surface area contributed by atoms with Crippen LogP contribution in [0.25, 0.3) is 0 Å². The average molecular weight is 440 g/mol. The Morgan fingerprint density at radius 3 is 2.50 bits per heavy atom. The largest absolute Gasteiger partial charge is 0.362 e. The first-order valence-corrected chi connectivity index (χ1v) is 11.1. The molecule has 0 radical (unpaired) electrons. The standard InChI is InChI=1S/C19H19Cl2N3O3S/c1-12-3-2-4-14-17(12)22-19(23-18(14)25)7-9-24(10-8-19)28(26,27)16-11-13(20)5-6-15(16)21/h2-6,11,22H,7-10H2,1H3,(H,23,25). The molecule has 1 spiro atoms. The lowest BCUT2D eigenvalue weighted by atomic mass is 9.92. The molecule has 0 aromatic heterocycles. The fourth-order valence-corrected chi connectivity index (χ4v) is 5.93. The Bertz CT molecular complexity index is 1060. The molecule has 2 aliphatic rings. The van der Waals surface area contributed by atoms with Gasteiger partial charge in [-0.25, -0.2) is 8.42 Å². The number of halogens is 2. The van der Waals surface area contributed by atoms with Crippen LogP contribution in [0.3, 0.4) is 0 Å². The number of hydrogen-bond donors (Lipinski definition) is 2. The summed E-state index contributed by atoms with van der Waals surface area (Å²) in [7, 11) is -3.78. The Morgan fingerprint density at radius 2 is 1.79 bits per heavy atom. The number of fused-ring (bicyclic) bond motifs is 1. The van der Waals surface area contributed by atoms with Gasteiger partial charge in [0, 0.05) is 31.0 Å². The number of sulfonamides is 1. The number of benzene rings is 2. The van der Waals surface area contributed by atoms with E-state index in [9.17, 15) is 13.2 Å². The fourth-order valence-electron chi connectivity index (χ4n) is 3.75. The maximum atomic E-state index is 13.0. The van der Waals surface area contributed by atoms with Crippen LogP contribution in [0.2, 0.25) is 10.0 Å². The minimum atomic E-state index is -3.78. The van der Waals surface area contributed by atoms with Crippen molar-refractivity contribution in [3.8, 4) is 0 Å². The van der Waals surface area contributed by atoms with Crippen LogP contribution in [0.1, 0.15) is 28.8 Å². The van der Waals surface area contributed by atoms with Crippen LogP contribution in [-0.2, 0) is 10.0 Å². The number of rotatable bonds is 2. The van der Waals surface area contributed by atoms with E-state index < -0.39 is 15.7 Å². The lowest BCUT2D eigenvalue weighted by Crippen LogP contribution is -2.62. The molecule has 2 aromatic carbocycles. The summed E-state index contributed by atoms with van der Waals surface area (Å²) in [5, 5.41) is 6.92. The third kappa shape index (κ3) is 3.26. The van der Waals surface area contributed by atoms with Gasteiger partial charge in [-0.05, 0) is 36.8 Å². The van der Waals surface area contributed by atoms with E-state index in [0.29, 0.717) is 23.4 Å². The van der Waals surface area contributed by atoms with E-state index in [1.54, 1.807) is 12.1 Å². The van der Waals surface area contributed by atoms with Gasteiger partial charge in [-0.1, -0.05) is 35.3 Å². The molecule has 2 aliphatic heterocycles. The summed E-state index contributed by atoms with van der Waals surface area (Å²) in [5.41, 5.74) is 1.72. The molecule has 1 saturated heterocycles. The zero-order valence-electron chi connectivity index (χ0n) is 15.1. The van der Waals surface area contributed by atoms with Crippen molar-refractivity contribution in [3.05, 3.63) is 57.6 Å². The highest BCUT2D eigenvalue weighted by Gasteiger charge is 2.43. The topological polar surface area (TPSA) is 78.5 Å². The summed E-state index contributed by atoms with van der Waals surface area (Å²) in [5.74, 6) is -0.147. The average Bonchev–Trinajstić information content (AvgIpc) is 2.65. The van der Waals surface area contributed by atoms with E-state index in [1.165, 1.54) is 16.4 Å². The molecule has 0 saturated carbocycles. The fraction of sp³-hybridized carbons (Fsp3) is 0.316. The second kappa shape index (κ2) is 6.91. The molecule has 6 nitrogen and oxygen atoms in total. The number of para-hydroxylation sites is 1. The van der Waals surface area contributed by atoms with E-state index in [2.05, 4.69) is 10.6 Å². The molecule has 1 fully saturated rings. The normalized spacial score (nSPS) is 19.0. The van der Waals surface area contributed by atoms with Crippen molar-refractivity contribution in [1.82, 2.24) is 9.62 Å². The number of nitrogens with one attached hydrogen (secondary N) is 2. The van der Waals surface area contributed by atoms with Crippen molar-refractivity contribution in [2.75, 3.05) is 18.4 Å². The molecule has 2 aromatic rings. The van der Waals surface area contributed by atoms with Crippen LogP contribution in [0, 0.1) is 6.92 Å². The monoisotopic (exact) mass is 439 g/mol. The molecule has 148 valence electrons. The van der Waals surface area contributed by atoms with Gasteiger partial charge < -0.3 is 10.6 Å². The number of aryl methyl sites for hydroxylation is 1. The van der Waals surface area contributed by atoms with Crippen molar-refractivity contribution in [2.24, 2.45) is 0 Å². The molecule has 28 heavy (non-hydrogen) atoms. The van der Waals surface area contributed by atoms with Gasteiger partial charge in [-0.15, -0.1) is 0 Å². The first kappa shape index (κ1) is 19.5. The Morgan fingerprint density at radius 1 is 1.07 bits per heavy atom. The van der Waals surface area contributed by atoms with Crippen LogP contribution in [0.5, 0.6) is 0 Å². The third-order valence-electron chi connectivity index (χ3n) is 5.32. The molecule has 0 aliphatic carbocycles. The van der Waals surface area contributed by atoms with Crippen molar-refractivity contribution in [2.45, 2.75) is 30.3 Å². The number of hydrogen-bond acceptors (Lipinski definition) is 4. The van der Waals surface area contributed by atoms with E-state index >= 15 is 0 Å². The molecule has 1 amide bonds. The minimum absolute atomic E-state index is 0.000513. The second-order valence-electron chi connectivity index (χ2n) is 7.14. The molecule has 0 bridgehead atoms.